The van der Waals surface area contributed by atoms with Crippen LogP contribution in [0.3, 0.4) is 0 Å². The molecule has 0 amide bonds. The Morgan fingerprint density at radius 3 is 2.82 bits per heavy atom. The maximum Gasteiger partial charge on any atom is 0.0537 e. The van der Waals surface area contributed by atoms with E-state index in [0.29, 0.717) is 5.41 Å². The highest BCUT2D eigenvalue weighted by atomic mass is 14.7. The second-order valence-electron chi connectivity index (χ2n) is 5.86. The first-order valence-electron chi connectivity index (χ1n) is 6.03. The van der Waals surface area contributed by atoms with Crippen LogP contribution in [0, 0.1) is 5.41 Å². The van der Waals surface area contributed by atoms with Crippen LogP contribution in [0.4, 0.5) is 0 Å². The van der Waals surface area contributed by atoms with Crippen LogP contribution in [0.25, 0.3) is 10.9 Å². The summed E-state index contributed by atoms with van der Waals surface area (Å²) in [5.74, 6) is 0. The van der Waals surface area contributed by atoms with E-state index in [1.54, 1.807) is 0 Å². The number of aromatic nitrogens is 2. The van der Waals surface area contributed by atoms with Gasteiger partial charge in [-0.1, -0.05) is 32.9 Å². The van der Waals surface area contributed by atoms with E-state index in [1.807, 2.05) is 18.5 Å². The van der Waals surface area contributed by atoms with Gasteiger partial charge in [0.25, 0.3) is 0 Å². The fourth-order valence-corrected chi connectivity index (χ4v) is 2.23. The summed E-state index contributed by atoms with van der Waals surface area (Å²) >= 11 is 0. The lowest BCUT2D eigenvalue weighted by Crippen LogP contribution is -2.07. The normalized spacial score (nSPS) is 11.9. The van der Waals surface area contributed by atoms with Crippen LogP contribution in [0.2, 0.25) is 0 Å². The quantitative estimate of drug-likeness (QED) is 0.787. The van der Waals surface area contributed by atoms with Crippen molar-refractivity contribution >= 4 is 10.9 Å². The van der Waals surface area contributed by atoms with Crippen molar-refractivity contribution in [2.24, 2.45) is 5.41 Å². The van der Waals surface area contributed by atoms with Crippen LogP contribution in [0.5, 0.6) is 0 Å². The maximum atomic E-state index is 4.47. The predicted octanol–water partition coefficient (Wildman–Crippen LogP) is 4.10. The molecule has 0 bridgehead atoms. The molecule has 0 aliphatic heterocycles. The number of hydrogen-bond acceptors (Lipinski definition) is 1. The molecule has 0 atom stereocenters. The molecular formula is C15H20N2. The number of nitrogens with zero attached hydrogens (tertiary/aromatic N) is 1. The van der Waals surface area contributed by atoms with E-state index >= 15 is 0 Å². The molecule has 0 aromatic carbocycles. The number of nitrogens with one attached hydrogen (secondary N) is 1. The Balaban J connectivity index is 2.18. The molecule has 2 nitrogen and oxygen atoms in total. The van der Waals surface area contributed by atoms with Gasteiger partial charge in [-0.15, -0.1) is 0 Å². The van der Waals surface area contributed by atoms with Crippen LogP contribution in [0.1, 0.15) is 32.9 Å². The molecule has 0 saturated carbocycles. The summed E-state index contributed by atoms with van der Waals surface area (Å²) in [6.07, 6.45) is 5.73. The highest BCUT2D eigenvalue weighted by Gasteiger charge is 2.13. The number of fused-ring (bicyclic) bond motifs is 1. The first kappa shape index (κ1) is 11.9. The summed E-state index contributed by atoms with van der Waals surface area (Å²) in [6, 6.07) is 4.09. The predicted molar refractivity (Wildman–Crippen MR) is 73.0 cm³/mol. The average Bonchev–Trinajstić information content (AvgIpc) is 2.63. The third-order valence-electron chi connectivity index (χ3n) is 2.76. The monoisotopic (exact) mass is 228 g/mol. The van der Waals surface area contributed by atoms with Gasteiger partial charge in [-0.05, 0) is 24.0 Å². The molecule has 0 unspecified atom stereocenters. The van der Waals surface area contributed by atoms with Gasteiger partial charge < -0.3 is 4.98 Å². The van der Waals surface area contributed by atoms with Gasteiger partial charge >= 0.3 is 0 Å². The topological polar surface area (TPSA) is 28.7 Å². The van der Waals surface area contributed by atoms with E-state index in [-0.39, 0.29) is 0 Å². The average molecular weight is 228 g/mol. The number of rotatable bonds is 3. The van der Waals surface area contributed by atoms with E-state index in [0.717, 1.165) is 24.1 Å². The van der Waals surface area contributed by atoms with E-state index < -0.39 is 0 Å². The fourth-order valence-electron chi connectivity index (χ4n) is 2.23. The van der Waals surface area contributed by atoms with E-state index in [9.17, 15) is 0 Å². The number of allylic oxidation sites excluding steroid dienone is 1. The Kier molecular flexibility index (Phi) is 3.05. The first-order valence-corrected chi connectivity index (χ1v) is 6.03. The Bertz CT molecular complexity index is 529. The molecular weight excluding hydrogens is 208 g/mol. The second-order valence-corrected chi connectivity index (χ2v) is 5.86. The van der Waals surface area contributed by atoms with Crippen molar-refractivity contribution in [2.45, 2.75) is 33.6 Å². The Labute approximate surface area is 103 Å². The lowest BCUT2D eigenvalue weighted by molar-refractivity contribution is 0.407. The third kappa shape index (κ3) is 2.96. The van der Waals surface area contributed by atoms with Gasteiger partial charge in [0.1, 0.15) is 0 Å². The molecule has 2 heterocycles. The molecule has 0 saturated heterocycles. The van der Waals surface area contributed by atoms with Crippen LogP contribution >= 0.6 is 0 Å². The zero-order valence-corrected chi connectivity index (χ0v) is 10.9. The fraction of sp³-hybridized carbons (Fsp3) is 0.400. The van der Waals surface area contributed by atoms with Crippen molar-refractivity contribution in [3.05, 3.63) is 42.4 Å². The highest BCUT2D eigenvalue weighted by Crippen LogP contribution is 2.26. The van der Waals surface area contributed by atoms with Crippen molar-refractivity contribution in [3.63, 3.8) is 0 Å². The van der Waals surface area contributed by atoms with Gasteiger partial charge in [-0.3, -0.25) is 4.98 Å². The Morgan fingerprint density at radius 2 is 2.12 bits per heavy atom. The SMILES string of the molecule is C=C(Cc1nccc2[nH]ccc12)CC(C)(C)C. The molecule has 1 N–H and O–H groups in total. The lowest BCUT2D eigenvalue weighted by Gasteiger charge is -2.19. The summed E-state index contributed by atoms with van der Waals surface area (Å²) in [7, 11) is 0. The van der Waals surface area contributed by atoms with Gasteiger partial charge in [0, 0.05) is 29.7 Å². The molecule has 90 valence electrons. The molecule has 0 aliphatic carbocycles. The summed E-state index contributed by atoms with van der Waals surface area (Å²) in [6.45, 7) is 10.9. The standard InChI is InChI=1S/C15H20N2/c1-11(10-15(2,3)4)9-14-12-5-7-16-13(12)6-8-17-14/h5-8,16H,1,9-10H2,2-4H3. The molecule has 2 rings (SSSR count). The molecule has 2 aromatic heterocycles. The van der Waals surface area contributed by atoms with Crippen LogP contribution in [-0.2, 0) is 6.42 Å². The molecule has 17 heavy (non-hydrogen) atoms. The largest absolute Gasteiger partial charge is 0.361 e. The Morgan fingerprint density at radius 1 is 1.35 bits per heavy atom. The smallest absolute Gasteiger partial charge is 0.0537 e. The van der Waals surface area contributed by atoms with Crippen LogP contribution in [0.15, 0.2) is 36.7 Å². The molecule has 2 heteroatoms. The van der Waals surface area contributed by atoms with Gasteiger partial charge in [-0.2, -0.15) is 0 Å². The molecule has 0 aliphatic rings. The van der Waals surface area contributed by atoms with Gasteiger partial charge in [0.15, 0.2) is 0 Å². The zero-order valence-electron chi connectivity index (χ0n) is 10.9. The van der Waals surface area contributed by atoms with E-state index in [4.69, 9.17) is 0 Å². The molecule has 2 aromatic rings. The van der Waals surface area contributed by atoms with Crippen molar-refractivity contribution in [1.29, 1.82) is 0 Å². The highest BCUT2D eigenvalue weighted by molar-refractivity contribution is 5.81. The minimum atomic E-state index is 0.295. The first-order chi connectivity index (χ1) is 7.96. The third-order valence-corrected chi connectivity index (χ3v) is 2.76. The van der Waals surface area contributed by atoms with Gasteiger partial charge in [-0.25, -0.2) is 0 Å². The van der Waals surface area contributed by atoms with Gasteiger partial charge in [0.2, 0.25) is 0 Å². The Hall–Kier alpha value is -1.57. The second kappa shape index (κ2) is 4.36. The van der Waals surface area contributed by atoms with E-state index in [1.165, 1.54) is 11.0 Å². The minimum absolute atomic E-state index is 0.295. The number of pyridine rings is 1. The number of H-pyrrole nitrogens is 1. The molecule has 0 radical (unpaired) electrons. The van der Waals surface area contributed by atoms with Crippen molar-refractivity contribution in [2.75, 3.05) is 0 Å². The molecule has 0 fully saturated rings. The summed E-state index contributed by atoms with van der Waals surface area (Å²) < 4.78 is 0. The van der Waals surface area contributed by atoms with Crippen LogP contribution < -0.4 is 0 Å². The summed E-state index contributed by atoms with van der Waals surface area (Å²) in [5.41, 5.74) is 3.82. The number of hydrogen-bond donors (Lipinski definition) is 1. The summed E-state index contributed by atoms with van der Waals surface area (Å²) in [4.78, 5) is 7.68. The van der Waals surface area contributed by atoms with Crippen molar-refractivity contribution in [1.82, 2.24) is 9.97 Å². The van der Waals surface area contributed by atoms with Crippen molar-refractivity contribution in [3.8, 4) is 0 Å². The lowest BCUT2D eigenvalue weighted by atomic mass is 9.87. The molecule has 0 spiro atoms. The number of aromatic amines is 1. The minimum Gasteiger partial charge on any atom is -0.361 e. The van der Waals surface area contributed by atoms with E-state index in [2.05, 4.69) is 43.4 Å². The van der Waals surface area contributed by atoms with Crippen molar-refractivity contribution < 1.29 is 0 Å². The zero-order chi connectivity index (χ0) is 12.5. The maximum absolute atomic E-state index is 4.47. The summed E-state index contributed by atoms with van der Waals surface area (Å²) in [5, 5.41) is 1.21. The van der Waals surface area contributed by atoms with Crippen LogP contribution in [-0.4, -0.2) is 9.97 Å². The van der Waals surface area contributed by atoms with Gasteiger partial charge in [0.05, 0.1) is 5.69 Å².